The molecule has 0 aliphatic carbocycles. The van der Waals surface area contributed by atoms with Crippen molar-refractivity contribution in [2.24, 2.45) is 0 Å². The maximum atomic E-state index is 12.7. The van der Waals surface area contributed by atoms with E-state index in [9.17, 15) is 4.39 Å². The molecule has 3 heteroatoms. The Morgan fingerprint density at radius 1 is 1.50 bits per heavy atom. The number of pyridine rings is 1. The zero-order valence-corrected chi connectivity index (χ0v) is 7.58. The van der Waals surface area contributed by atoms with Crippen LogP contribution in [0.15, 0.2) is 18.3 Å². The fourth-order valence-corrected chi connectivity index (χ4v) is 0.910. The molecule has 0 aliphatic heterocycles. The average Bonchev–Trinajstić information content (AvgIpc) is 2.03. The number of nitrogens with zero attached hydrogens (tertiary/aromatic N) is 2. The fraction of sp³-hybridized carbons (Fsp3) is 0.444. The summed E-state index contributed by atoms with van der Waals surface area (Å²) in [5.74, 6) is -0.431. The molecule has 0 bridgehead atoms. The summed E-state index contributed by atoms with van der Waals surface area (Å²) >= 11 is 0. The summed E-state index contributed by atoms with van der Waals surface area (Å²) in [4.78, 5) is 5.48. The first-order valence-corrected chi connectivity index (χ1v) is 3.95. The summed E-state index contributed by atoms with van der Waals surface area (Å²) in [6.07, 6.45) is 1.48. The summed E-state index contributed by atoms with van der Waals surface area (Å²) in [5.41, 5.74) is 0.859. The zero-order chi connectivity index (χ0) is 9.14. The lowest BCUT2D eigenvalue weighted by Gasteiger charge is -2.23. The number of hydrogen-bond acceptors (Lipinski definition) is 2. The Morgan fingerprint density at radius 3 is 2.67 bits per heavy atom. The van der Waals surface area contributed by atoms with Crippen LogP contribution in [0.4, 0.5) is 10.1 Å². The highest BCUT2D eigenvalue weighted by Gasteiger charge is 2.04. The molecular formula is C9H13FN2. The second kappa shape index (κ2) is 3.52. The molecule has 0 N–H and O–H groups in total. The predicted octanol–water partition coefficient (Wildman–Crippen LogP) is 2.07. The van der Waals surface area contributed by atoms with Crippen LogP contribution >= 0.6 is 0 Å². The van der Waals surface area contributed by atoms with Gasteiger partial charge in [0.1, 0.15) is 0 Å². The zero-order valence-electron chi connectivity index (χ0n) is 7.58. The van der Waals surface area contributed by atoms with E-state index in [2.05, 4.69) is 18.8 Å². The van der Waals surface area contributed by atoms with Gasteiger partial charge in [0.05, 0.1) is 0 Å². The molecule has 0 spiro atoms. The quantitative estimate of drug-likeness (QED) is 0.628. The number of hydrogen-bond donors (Lipinski definition) is 0. The lowest BCUT2D eigenvalue weighted by molar-refractivity contribution is 0.582. The Bertz CT molecular complexity index is 260. The summed E-state index contributed by atoms with van der Waals surface area (Å²) < 4.78 is 12.7. The van der Waals surface area contributed by atoms with Crippen LogP contribution in [0.1, 0.15) is 13.8 Å². The first kappa shape index (κ1) is 8.97. The third-order valence-corrected chi connectivity index (χ3v) is 1.89. The van der Waals surface area contributed by atoms with Crippen molar-refractivity contribution in [3.8, 4) is 0 Å². The van der Waals surface area contributed by atoms with Gasteiger partial charge in [-0.25, -0.2) is 4.98 Å². The summed E-state index contributed by atoms with van der Waals surface area (Å²) in [7, 11) is 1.93. The minimum Gasteiger partial charge on any atom is -0.372 e. The molecule has 0 radical (unpaired) electrons. The van der Waals surface area contributed by atoms with Gasteiger partial charge in [0.25, 0.3) is 0 Å². The van der Waals surface area contributed by atoms with Gasteiger partial charge in [-0.1, -0.05) is 0 Å². The monoisotopic (exact) mass is 168 g/mol. The molecule has 0 saturated carbocycles. The van der Waals surface area contributed by atoms with Gasteiger partial charge in [-0.15, -0.1) is 0 Å². The summed E-state index contributed by atoms with van der Waals surface area (Å²) in [6, 6.07) is 3.59. The van der Waals surface area contributed by atoms with E-state index < -0.39 is 5.95 Å². The molecule has 0 saturated heterocycles. The van der Waals surface area contributed by atoms with E-state index >= 15 is 0 Å². The molecular weight excluding hydrogens is 155 g/mol. The van der Waals surface area contributed by atoms with Crippen LogP contribution in [-0.2, 0) is 0 Å². The van der Waals surface area contributed by atoms with Crippen molar-refractivity contribution in [2.45, 2.75) is 19.9 Å². The third-order valence-electron chi connectivity index (χ3n) is 1.89. The second-order valence-electron chi connectivity index (χ2n) is 3.04. The topological polar surface area (TPSA) is 16.1 Å². The molecule has 0 fully saturated rings. The van der Waals surface area contributed by atoms with E-state index in [0.29, 0.717) is 6.04 Å². The van der Waals surface area contributed by atoms with Gasteiger partial charge in [0, 0.05) is 31.0 Å². The SMILES string of the molecule is CC(C)N(C)c1ccnc(F)c1. The maximum Gasteiger partial charge on any atom is 0.214 e. The molecule has 1 aromatic heterocycles. The minimum atomic E-state index is -0.431. The van der Waals surface area contributed by atoms with E-state index in [0.717, 1.165) is 5.69 Å². The Hall–Kier alpha value is -1.12. The lowest BCUT2D eigenvalue weighted by Crippen LogP contribution is -2.25. The van der Waals surface area contributed by atoms with Crippen LogP contribution in [0.2, 0.25) is 0 Å². The molecule has 0 atom stereocenters. The molecule has 1 aromatic rings. The maximum absolute atomic E-state index is 12.7. The number of rotatable bonds is 2. The van der Waals surface area contributed by atoms with Crippen molar-refractivity contribution < 1.29 is 4.39 Å². The summed E-state index contributed by atoms with van der Waals surface area (Å²) in [5, 5.41) is 0. The number of anilines is 1. The van der Waals surface area contributed by atoms with Crippen LogP contribution < -0.4 is 4.90 Å². The molecule has 0 unspecified atom stereocenters. The Kier molecular flexibility index (Phi) is 2.63. The van der Waals surface area contributed by atoms with Crippen LogP contribution in [-0.4, -0.2) is 18.1 Å². The number of aromatic nitrogens is 1. The minimum absolute atomic E-state index is 0.367. The Morgan fingerprint density at radius 2 is 2.17 bits per heavy atom. The van der Waals surface area contributed by atoms with E-state index in [1.165, 1.54) is 12.3 Å². The molecule has 1 rings (SSSR count). The van der Waals surface area contributed by atoms with E-state index in [-0.39, 0.29) is 0 Å². The highest BCUT2D eigenvalue weighted by molar-refractivity contribution is 5.44. The third kappa shape index (κ3) is 1.94. The largest absolute Gasteiger partial charge is 0.372 e. The highest BCUT2D eigenvalue weighted by Crippen LogP contribution is 2.14. The van der Waals surface area contributed by atoms with Gasteiger partial charge in [0.2, 0.25) is 5.95 Å². The van der Waals surface area contributed by atoms with Gasteiger partial charge in [-0.2, -0.15) is 4.39 Å². The first-order valence-electron chi connectivity index (χ1n) is 3.95. The van der Waals surface area contributed by atoms with Crippen molar-refractivity contribution in [3.63, 3.8) is 0 Å². The smallest absolute Gasteiger partial charge is 0.214 e. The molecule has 0 amide bonds. The van der Waals surface area contributed by atoms with E-state index in [1.807, 2.05) is 11.9 Å². The van der Waals surface area contributed by atoms with Crippen molar-refractivity contribution >= 4 is 5.69 Å². The van der Waals surface area contributed by atoms with Gasteiger partial charge in [-0.05, 0) is 19.9 Å². The Balaban J connectivity index is 2.88. The molecule has 0 aliphatic rings. The van der Waals surface area contributed by atoms with Gasteiger partial charge >= 0.3 is 0 Å². The van der Waals surface area contributed by atoms with E-state index in [4.69, 9.17) is 0 Å². The second-order valence-corrected chi connectivity index (χ2v) is 3.04. The number of halogens is 1. The molecule has 1 heterocycles. The summed E-state index contributed by atoms with van der Waals surface area (Å²) in [6.45, 7) is 4.11. The van der Waals surface area contributed by atoms with Crippen LogP contribution in [0, 0.1) is 5.95 Å². The molecule has 2 nitrogen and oxygen atoms in total. The molecule has 12 heavy (non-hydrogen) atoms. The lowest BCUT2D eigenvalue weighted by atomic mass is 10.3. The van der Waals surface area contributed by atoms with Crippen molar-refractivity contribution in [2.75, 3.05) is 11.9 Å². The van der Waals surface area contributed by atoms with Crippen molar-refractivity contribution in [1.29, 1.82) is 0 Å². The predicted molar refractivity (Wildman–Crippen MR) is 47.7 cm³/mol. The van der Waals surface area contributed by atoms with Crippen molar-refractivity contribution in [3.05, 3.63) is 24.3 Å². The normalized spacial score (nSPS) is 10.4. The fourth-order valence-electron chi connectivity index (χ4n) is 0.910. The van der Waals surface area contributed by atoms with Gasteiger partial charge in [0.15, 0.2) is 0 Å². The van der Waals surface area contributed by atoms with Gasteiger partial charge in [-0.3, -0.25) is 0 Å². The van der Waals surface area contributed by atoms with Crippen LogP contribution in [0.5, 0.6) is 0 Å². The average molecular weight is 168 g/mol. The first-order chi connectivity index (χ1) is 5.61. The van der Waals surface area contributed by atoms with Crippen molar-refractivity contribution in [1.82, 2.24) is 4.98 Å². The standard InChI is InChI=1S/C9H13FN2/c1-7(2)12(3)8-4-5-11-9(10)6-8/h4-7H,1-3H3. The Labute approximate surface area is 72.0 Å². The van der Waals surface area contributed by atoms with Gasteiger partial charge < -0.3 is 4.90 Å². The van der Waals surface area contributed by atoms with E-state index in [1.54, 1.807) is 6.07 Å². The van der Waals surface area contributed by atoms with Crippen LogP contribution in [0.25, 0.3) is 0 Å². The van der Waals surface area contributed by atoms with Crippen LogP contribution in [0.3, 0.4) is 0 Å². The molecule has 0 aromatic carbocycles. The highest BCUT2D eigenvalue weighted by atomic mass is 19.1. The molecule has 66 valence electrons.